The fourth-order valence-electron chi connectivity index (χ4n) is 1.36. The van der Waals surface area contributed by atoms with Gasteiger partial charge in [-0.2, -0.15) is 5.10 Å². The van der Waals surface area contributed by atoms with Crippen LogP contribution in [0.15, 0.2) is 5.16 Å². The van der Waals surface area contributed by atoms with Crippen molar-refractivity contribution in [3.8, 4) is 0 Å². The minimum atomic E-state index is -0.432. The van der Waals surface area contributed by atoms with Crippen molar-refractivity contribution in [1.82, 2.24) is 9.78 Å². The number of hydrogen-bond donors (Lipinski definition) is 0. The number of aromatic nitrogens is 2. The molecule has 1 aromatic rings. The Labute approximate surface area is 86.5 Å². The third-order valence-corrected chi connectivity index (χ3v) is 1.95. The summed E-state index contributed by atoms with van der Waals surface area (Å²) in [6.45, 7) is 1.61. The summed E-state index contributed by atoms with van der Waals surface area (Å²) in [7, 11) is 3.08. The molecule has 0 spiro atoms. The number of nitrogens with zero attached hydrogens (tertiary/aromatic N) is 4. The molecular formula is C8H12N4O3. The van der Waals surface area contributed by atoms with Crippen LogP contribution in [0.1, 0.15) is 11.4 Å². The highest BCUT2D eigenvalue weighted by molar-refractivity contribution is 5.63. The summed E-state index contributed by atoms with van der Waals surface area (Å²) in [6.07, 6.45) is 1.78. The van der Waals surface area contributed by atoms with Crippen LogP contribution in [0.5, 0.6) is 0 Å². The molecule has 7 nitrogen and oxygen atoms in total. The predicted molar refractivity (Wildman–Crippen MR) is 53.8 cm³/mol. The van der Waals surface area contributed by atoms with Crippen LogP contribution >= 0.6 is 0 Å². The third kappa shape index (κ3) is 2.30. The van der Waals surface area contributed by atoms with Gasteiger partial charge in [0.2, 0.25) is 0 Å². The lowest BCUT2D eigenvalue weighted by Gasteiger charge is -1.96. The smallest absolute Gasteiger partial charge is 0.313 e. The lowest BCUT2D eigenvalue weighted by molar-refractivity contribution is -0.386. The summed E-state index contributed by atoms with van der Waals surface area (Å²) in [5, 5.41) is 18.3. The van der Waals surface area contributed by atoms with Crippen molar-refractivity contribution < 1.29 is 9.76 Å². The molecule has 0 aliphatic rings. The quantitative estimate of drug-likeness (QED) is 0.420. The second kappa shape index (κ2) is 4.54. The van der Waals surface area contributed by atoms with Crippen LogP contribution in [0.4, 0.5) is 5.69 Å². The van der Waals surface area contributed by atoms with Gasteiger partial charge in [0.05, 0.1) is 4.92 Å². The highest BCUT2D eigenvalue weighted by atomic mass is 16.6. The molecule has 0 unspecified atom stereocenters. The zero-order valence-electron chi connectivity index (χ0n) is 8.80. The average Bonchev–Trinajstić information content (AvgIpc) is 2.42. The molecule has 0 atom stereocenters. The first-order valence-corrected chi connectivity index (χ1v) is 4.29. The maximum atomic E-state index is 10.8. The second-order valence-electron chi connectivity index (χ2n) is 2.94. The van der Waals surface area contributed by atoms with Crippen LogP contribution in [0.2, 0.25) is 0 Å². The van der Waals surface area contributed by atoms with Crippen molar-refractivity contribution in [2.75, 3.05) is 7.11 Å². The maximum Gasteiger partial charge on any atom is 0.313 e. The lowest BCUT2D eigenvalue weighted by Crippen LogP contribution is -2.01. The van der Waals surface area contributed by atoms with Crippen molar-refractivity contribution in [2.24, 2.45) is 12.2 Å². The molecule has 0 aromatic carbocycles. The summed E-state index contributed by atoms with van der Waals surface area (Å²) in [5.41, 5.74) is 0.960. The van der Waals surface area contributed by atoms with Crippen molar-refractivity contribution in [2.45, 2.75) is 13.3 Å². The Bertz CT molecular complexity index is 397. The Morgan fingerprint density at radius 1 is 1.73 bits per heavy atom. The number of oxime groups is 1. The molecular weight excluding hydrogens is 200 g/mol. The van der Waals surface area contributed by atoms with E-state index >= 15 is 0 Å². The van der Waals surface area contributed by atoms with Gasteiger partial charge in [-0.1, -0.05) is 5.16 Å². The summed E-state index contributed by atoms with van der Waals surface area (Å²) >= 11 is 0. The van der Waals surface area contributed by atoms with Gasteiger partial charge in [-0.3, -0.25) is 14.8 Å². The first-order valence-electron chi connectivity index (χ1n) is 4.29. The van der Waals surface area contributed by atoms with Crippen molar-refractivity contribution in [3.63, 3.8) is 0 Å². The normalized spacial score (nSPS) is 10.9. The van der Waals surface area contributed by atoms with Crippen LogP contribution in [0, 0.1) is 17.0 Å². The maximum absolute atomic E-state index is 10.8. The number of nitro groups is 1. The molecule has 0 radical (unpaired) electrons. The minimum absolute atomic E-state index is 0.0417. The first kappa shape index (κ1) is 11.2. The molecule has 1 rings (SSSR count). The van der Waals surface area contributed by atoms with Gasteiger partial charge in [-0.15, -0.1) is 0 Å². The molecule has 0 N–H and O–H groups in total. The standard InChI is InChI=1S/C8H12N4O3/c1-6-8(12(13)14)7(11(2)10-6)4-5-9-15-3/h5H,4H2,1-3H3/b9-5-. The molecule has 0 aliphatic heterocycles. The van der Waals surface area contributed by atoms with Crippen LogP contribution in [0.25, 0.3) is 0 Å². The molecule has 0 fully saturated rings. The van der Waals surface area contributed by atoms with E-state index in [1.54, 1.807) is 14.0 Å². The Hall–Kier alpha value is -1.92. The van der Waals surface area contributed by atoms with Crippen LogP contribution in [0.3, 0.4) is 0 Å². The molecule has 0 saturated carbocycles. The molecule has 0 bridgehead atoms. The molecule has 7 heteroatoms. The Kier molecular flexibility index (Phi) is 3.37. The van der Waals surface area contributed by atoms with Crippen molar-refractivity contribution in [1.29, 1.82) is 0 Å². The largest absolute Gasteiger partial charge is 0.399 e. The van der Waals surface area contributed by atoms with Crippen LogP contribution < -0.4 is 0 Å². The average molecular weight is 212 g/mol. The Morgan fingerprint density at radius 2 is 2.40 bits per heavy atom. The van der Waals surface area contributed by atoms with E-state index < -0.39 is 4.92 Å². The van der Waals surface area contributed by atoms with Gasteiger partial charge in [0, 0.05) is 19.7 Å². The molecule has 1 heterocycles. The van der Waals surface area contributed by atoms with Gasteiger partial charge in [0.25, 0.3) is 0 Å². The molecule has 0 saturated heterocycles. The molecule has 82 valence electrons. The zero-order chi connectivity index (χ0) is 11.4. The molecule has 15 heavy (non-hydrogen) atoms. The van der Waals surface area contributed by atoms with E-state index in [1.165, 1.54) is 18.0 Å². The number of hydrogen-bond acceptors (Lipinski definition) is 5. The minimum Gasteiger partial charge on any atom is -0.399 e. The predicted octanol–water partition coefficient (Wildman–Crippen LogP) is 0.811. The van der Waals surface area contributed by atoms with Gasteiger partial charge in [-0.25, -0.2) is 0 Å². The fraction of sp³-hybridized carbons (Fsp3) is 0.500. The van der Waals surface area contributed by atoms with Gasteiger partial charge < -0.3 is 4.84 Å². The monoisotopic (exact) mass is 212 g/mol. The summed E-state index contributed by atoms with van der Waals surface area (Å²) < 4.78 is 1.48. The first-order chi connectivity index (χ1) is 7.07. The Balaban J connectivity index is 3.04. The van der Waals surface area contributed by atoms with E-state index in [1.807, 2.05) is 0 Å². The van der Waals surface area contributed by atoms with E-state index in [2.05, 4.69) is 15.1 Å². The van der Waals surface area contributed by atoms with Gasteiger partial charge in [-0.05, 0) is 6.92 Å². The summed E-state index contributed by atoms with van der Waals surface area (Å²) in [4.78, 5) is 14.8. The second-order valence-corrected chi connectivity index (χ2v) is 2.94. The lowest BCUT2D eigenvalue weighted by atomic mass is 10.2. The Morgan fingerprint density at radius 3 is 2.93 bits per heavy atom. The van der Waals surface area contributed by atoms with Crippen LogP contribution in [-0.4, -0.2) is 28.0 Å². The fourth-order valence-corrected chi connectivity index (χ4v) is 1.36. The number of aryl methyl sites for hydroxylation is 2. The number of rotatable bonds is 4. The highest BCUT2D eigenvalue weighted by Gasteiger charge is 2.22. The van der Waals surface area contributed by atoms with Crippen molar-refractivity contribution in [3.05, 3.63) is 21.5 Å². The van der Waals surface area contributed by atoms with Crippen molar-refractivity contribution >= 4 is 11.9 Å². The summed E-state index contributed by atoms with van der Waals surface area (Å²) in [5.74, 6) is 0. The molecule has 0 amide bonds. The van der Waals surface area contributed by atoms with Gasteiger partial charge >= 0.3 is 5.69 Å². The zero-order valence-corrected chi connectivity index (χ0v) is 8.80. The van der Waals surface area contributed by atoms with E-state index in [0.717, 1.165) is 0 Å². The van der Waals surface area contributed by atoms with Crippen LogP contribution in [-0.2, 0) is 18.3 Å². The van der Waals surface area contributed by atoms with Gasteiger partial charge in [0.1, 0.15) is 18.5 Å². The highest BCUT2D eigenvalue weighted by Crippen LogP contribution is 2.21. The molecule has 1 aromatic heterocycles. The van der Waals surface area contributed by atoms with E-state index in [9.17, 15) is 10.1 Å². The van der Waals surface area contributed by atoms with E-state index in [0.29, 0.717) is 17.8 Å². The van der Waals surface area contributed by atoms with E-state index in [-0.39, 0.29) is 5.69 Å². The topological polar surface area (TPSA) is 82.6 Å². The summed E-state index contributed by atoms with van der Waals surface area (Å²) in [6, 6.07) is 0. The SMILES string of the molecule is CO/N=C\Cc1c([N+](=O)[O-])c(C)nn1C. The third-order valence-electron chi connectivity index (χ3n) is 1.95. The molecule has 0 aliphatic carbocycles. The van der Waals surface area contributed by atoms with Gasteiger partial charge in [0.15, 0.2) is 0 Å². The van der Waals surface area contributed by atoms with E-state index in [4.69, 9.17) is 0 Å².